The highest BCUT2D eigenvalue weighted by molar-refractivity contribution is 8.00. The lowest BCUT2D eigenvalue weighted by atomic mass is 9.95. The van der Waals surface area contributed by atoms with Crippen molar-refractivity contribution in [1.29, 1.82) is 0 Å². The van der Waals surface area contributed by atoms with Crippen molar-refractivity contribution >= 4 is 45.7 Å². The number of nitrogens with zero attached hydrogens (tertiary/aromatic N) is 3. The topological polar surface area (TPSA) is 102 Å². The zero-order chi connectivity index (χ0) is 33.6. The molecular weight excluding hydrogens is 650 g/mol. The van der Waals surface area contributed by atoms with Crippen LogP contribution in [0.5, 0.6) is 11.5 Å². The molecule has 1 saturated heterocycles. The van der Waals surface area contributed by atoms with Gasteiger partial charge in [0.25, 0.3) is 5.78 Å². The second-order valence-electron chi connectivity index (χ2n) is 11.1. The highest BCUT2D eigenvalue weighted by Gasteiger charge is 2.48. The van der Waals surface area contributed by atoms with E-state index >= 15 is 0 Å². The molecule has 1 atom stereocenters. The molecule has 0 bridgehead atoms. The van der Waals surface area contributed by atoms with Crippen molar-refractivity contribution in [2.45, 2.75) is 43.0 Å². The number of hydrogen-bond acceptors (Lipinski definition) is 9. The Bertz CT molecular complexity index is 1960. The van der Waals surface area contributed by atoms with Crippen molar-refractivity contribution in [2.75, 3.05) is 11.5 Å². The lowest BCUT2D eigenvalue weighted by molar-refractivity contribution is -0.132. The summed E-state index contributed by atoms with van der Waals surface area (Å²) >= 11 is 2.39. The van der Waals surface area contributed by atoms with Gasteiger partial charge in [-0.3, -0.25) is 14.5 Å². The summed E-state index contributed by atoms with van der Waals surface area (Å²) in [5.74, 6) is -0.794. The van der Waals surface area contributed by atoms with E-state index in [2.05, 4.69) is 10.2 Å². The molecule has 0 radical (unpaired) electrons. The summed E-state index contributed by atoms with van der Waals surface area (Å²) in [6.07, 6.45) is 0.839. The van der Waals surface area contributed by atoms with Crippen LogP contribution >= 0.6 is 23.1 Å². The van der Waals surface area contributed by atoms with Gasteiger partial charge in [0.05, 0.1) is 18.2 Å². The van der Waals surface area contributed by atoms with E-state index < -0.39 is 17.7 Å². The first-order valence-electron chi connectivity index (χ1n) is 15.3. The molecule has 1 unspecified atom stereocenters. The van der Waals surface area contributed by atoms with E-state index in [9.17, 15) is 19.1 Å². The van der Waals surface area contributed by atoms with Crippen molar-refractivity contribution in [1.82, 2.24) is 10.2 Å². The molecule has 8 nitrogen and oxygen atoms in total. The third-order valence-corrected chi connectivity index (χ3v) is 9.74. The van der Waals surface area contributed by atoms with E-state index in [0.717, 1.165) is 28.9 Å². The highest BCUT2D eigenvalue weighted by atomic mass is 32.2. The van der Waals surface area contributed by atoms with Crippen molar-refractivity contribution in [3.8, 4) is 11.5 Å². The standard InChI is InChI=1S/C37H32FN3O5S2/c1-3-19-45-28-15-11-25(12-16-28)32-31(33(42)26-13-17-29(18-14-26)46-21-24-8-6-7-23(2)20-24)34(43)35(44)41(32)36-39-40-37(48-36)47-22-27-9-4-5-10-30(27)38/h4-18,20,32,42H,3,19,21-22H2,1-2H3/b33-31+. The lowest BCUT2D eigenvalue weighted by Crippen LogP contribution is -2.29. The Kier molecular flexibility index (Phi) is 10.2. The van der Waals surface area contributed by atoms with E-state index in [1.54, 1.807) is 66.7 Å². The number of anilines is 1. The van der Waals surface area contributed by atoms with Crippen LogP contribution in [0.4, 0.5) is 9.52 Å². The molecular formula is C37H32FN3O5S2. The predicted molar refractivity (Wildman–Crippen MR) is 185 cm³/mol. The largest absolute Gasteiger partial charge is 0.507 e. The Hall–Kier alpha value is -5.00. The van der Waals surface area contributed by atoms with Crippen LogP contribution in [-0.2, 0) is 21.9 Å². The molecule has 1 amide bonds. The summed E-state index contributed by atoms with van der Waals surface area (Å²) in [6, 6.07) is 27.3. The van der Waals surface area contributed by atoms with Crippen LogP contribution in [0.2, 0.25) is 0 Å². The monoisotopic (exact) mass is 681 g/mol. The number of ether oxygens (including phenoxy) is 2. The molecule has 2 heterocycles. The summed E-state index contributed by atoms with van der Waals surface area (Å²) in [4.78, 5) is 28.6. The number of hydrogen-bond donors (Lipinski definition) is 1. The van der Waals surface area contributed by atoms with Gasteiger partial charge in [0.2, 0.25) is 5.13 Å². The number of rotatable bonds is 12. The van der Waals surface area contributed by atoms with Crippen molar-refractivity contribution in [3.63, 3.8) is 0 Å². The molecule has 244 valence electrons. The number of thioether (sulfide) groups is 1. The van der Waals surface area contributed by atoms with Crippen LogP contribution in [-0.4, -0.2) is 33.6 Å². The SMILES string of the molecule is CCCOc1ccc(C2/C(=C(\O)c3ccc(OCc4cccc(C)c4)cc3)C(=O)C(=O)N2c2nnc(SCc3ccccc3F)s2)cc1. The van der Waals surface area contributed by atoms with Gasteiger partial charge in [0.1, 0.15) is 29.7 Å². The Labute approximate surface area is 285 Å². The van der Waals surface area contributed by atoms with Gasteiger partial charge in [-0.25, -0.2) is 4.39 Å². The highest BCUT2D eigenvalue weighted by Crippen LogP contribution is 2.44. The van der Waals surface area contributed by atoms with Gasteiger partial charge in [-0.15, -0.1) is 10.2 Å². The van der Waals surface area contributed by atoms with E-state index in [0.29, 0.717) is 51.5 Å². The van der Waals surface area contributed by atoms with Gasteiger partial charge < -0.3 is 14.6 Å². The fourth-order valence-corrected chi connectivity index (χ4v) is 7.11. The first kappa shape index (κ1) is 32.9. The maximum Gasteiger partial charge on any atom is 0.301 e. The Morgan fingerprint density at radius 3 is 2.40 bits per heavy atom. The second kappa shape index (κ2) is 14.8. The van der Waals surface area contributed by atoms with Gasteiger partial charge in [0.15, 0.2) is 4.34 Å². The van der Waals surface area contributed by atoms with Gasteiger partial charge in [-0.1, -0.05) is 90.2 Å². The van der Waals surface area contributed by atoms with Crippen LogP contribution in [0.15, 0.2) is 107 Å². The summed E-state index contributed by atoms with van der Waals surface area (Å²) in [5.41, 5.74) is 3.52. The summed E-state index contributed by atoms with van der Waals surface area (Å²) in [6.45, 7) is 4.94. The maximum atomic E-state index is 14.2. The number of halogens is 1. The predicted octanol–water partition coefficient (Wildman–Crippen LogP) is 8.27. The third-order valence-electron chi connectivity index (χ3n) is 7.64. The molecule has 11 heteroatoms. The molecule has 48 heavy (non-hydrogen) atoms. The number of ketones is 1. The van der Waals surface area contributed by atoms with Crippen molar-refractivity contribution in [3.05, 3.63) is 136 Å². The number of benzene rings is 4. The zero-order valence-electron chi connectivity index (χ0n) is 26.3. The number of amides is 1. The maximum absolute atomic E-state index is 14.2. The first-order chi connectivity index (χ1) is 23.3. The number of aliphatic hydroxyl groups excluding tert-OH is 1. The molecule has 4 aromatic carbocycles. The number of Topliss-reactive ketones (excluding diaryl/α,β-unsaturated/α-hetero) is 1. The molecule has 0 spiro atoms. The van der Waals surface area contributed by atoms with E-state index in [1.807, 2.05) is 38.1 Å². The number of aromatic nitrogens is 2. The third kappa shape index (κ3) is 7.27. The van der Waals surface area contributed by atoms with Crippen LogP contribution in [0, 0.1) is 12.7 Å². The van der Waals surface area contributed by atoms with E-state index in [4.69, 9.17) is 9.47 Å². The van der Waals surface area contributed by atoms with Gasteiger partial charge in [-0.2, -0.15) is 0 Å². The van der Waals surface area contributed by atoms with E-state index in [1.165, 1.54) is 22.7 Å². The zero-order valence-corrected chi connectivity index (χ0v) is 27.9. The fraction of sp³-hybridized carbons (Fsp3) is 0.189. The van der Waals surface area contributed by atoms with Crippen molar-refractivity contribution < 1.29 is 28.6 Å². The summed E-state index contributed by atoms with van der Waals surface area (Å²) in [5, 5.41) is 20.2. The molecule has 1 fully saturated rings. The van der Waals surface area contributed by atoms with Crippen molar-refractivity contribution in [2.24, 2.45) is 0 Å². The number of carbonyl (C=O) groups excluding carboxylic acids is 2. The summed E-state index contributed by atoms with van der Waals surface area (Å²) < 4.78 is 26.4. The lowest BCUT2D eigenvalue weighted by Gasteiger charge is -2.22. The summed E-state index contributed by atoms with van der Waals surface area (Å²) in [7, 11) is 0. The average molecular weight is 682 g/mol. The molecule has 1 aromatic heterocycles. The van der Waals surface area contributed by atoms with Crippen LogP contribution in [0.3, 0.4) is 0 Å². The van der Waals surface area contributed by atoms with Gasteiger partial charge in [0, 0.05) is 11.3 Å². The number of aryl methyl sites for hydroxylation is 1. The molecule has 0 saturated carbocycles. The molecule has 1 aliphatic heterocycles. The van der Waals surface area contributed by atoms with E-state index in [-0.39, 0.29) is 22.3 Å². The molecule has 6 rings (SSSR count). The molecule has 1 N–H and O–H groups in total. The normalized spacial score (nSPS) is 15.6. The van der Waals surface area contributed by atoms with Crippen LogP contribution in [0.25, 0.3) is 5.76 Å². The minimum absolute atomic E-state index is 0.0774. The van der Waals surface area contributed by atoms with Crippen LogP contribution in [0.1, 0.15) is 47.2 Å². The molecule has 0 aliphatic carbocycles. The number of carbonyl (C=O) groups is 2. The Morgan fingerprint density at radius 1 is 0.938 bits per heavy atom. The van der Waals surface area contributed by atoms with Gasteiger partial charge in [-0.05, 0) is 72.5 Å². The first-order valence-corrected chi connectivity index (χ1v) is 17.1. The quantitative estimate of drug-likeness (QED) is 0.0462. The van der Waals surface area contributed by atoms with Gasteiger partial charge >= 0.3 is 5.91 Å². The number of aliphatic hydroxyl groups is 1. The average Bonchev–Trinajstić information content (AvgIpc) is 3.67. The Morgan fingerprint density at radius 2 is 1.67 bits per heavy atom. The minimum Gasteiger partial charge on any atom is -0.507 e. The second-order valence-corrected chi connectivity index (χ2v) is 13.3. The molecule has 5 aromatic rings. The fourth-order valence-electron chi connectivity index (χ4n) is 5.26. The Balaban J connectivity index is 1.31. The van der Waals surface area contributed by atoms with Crippen LogP contribution < -0.4 is 14.4 Å². The minimum atomic E-state index is -0.986. The molecule has 1 aliphatic rings. The smallest absolute Gasteiger partial charge is 0.301 e.